The first-order valence-corrected chi connectivity index (χ1v) is 9.19. The molecule has 3 heterocycles. The van der Waals surface area contributed by atoms with Crippen LogP contribution in [0.4, 0.5) is 0 Å². The lowest BCUT2D eigenvalue weighted by Crippen LogP contribution is -2.25. The van der Waals surface area contributed by atoms with Crippen molar-refractivity contribution in [2.75, 3.05) is 13.1 Å². The van der Waals surface area contributed by atoms with Gasteiger partial charge in [0.05, 0.1) is 17.1 Å². The van der Waals surface area contributed by atoms with Crippen LogP contribution in [0.5, 0.6) is 0 Å². The number of aromatic nitrogens is 4. The van der Waals surface area contributed by atoms with Crippen molar-refractivity contribution < 1.29 is 5.11 Å². The number of aryl methyl sites for hydroxylation is 2. The second-order valence-corrected chi connectivity index (χ2v) is 6.93. The van der Waals surface area contributed by atoms with Crippen molar-refractivity contribution in [1.82, 2.24) is 24.5 Å². The van der Waals surface area contributed by atoms with Crippen LogP contribution in [0.2, 0.25) is 0 Å². The number of fused-ring (bicyclic) bond motifs is 1. The second kappa shape index (κ2) is 7.43. The quantitative estimate of drug-likeness (QED) is 0.765. The summed E-state index contributed by atoms with van der Waals surface area (Å²) in [6.07, 6.45) is 3.09. The van der Waals surface area contributed by atoms with Crippen LogP contribution in [0.1, 0.15) is 35.2 Å². The maximum absolute atomic E-state index is 10.6. The summed E-state index contributed by atoms with van der Waals surface area (Å²) in [6, 6.07) is 14.5. The average Bonchev–Trinajstić information content (AvgIpc) is 3.21. The summed E-state index contributed by atoms with van der Waals surface area (Å²) in [5, 5.41) is 19.4. The van der Waals surface area contributed by atoms with E-state index in [1.807, 2.05) is 19.2 Å². The Morgan fingerprint density at radius 1 is 1.15 bits per heavy atom. The van der Waals surface area contributed by atoms with Gasteiger partial charge in [0.25, 0.3) is 0 Å². The van der Waals surface area contributed by atoms with Crippen LogP contribution >= 0.6 is 0 Å². The first kappa shape index (κ1) is 17.0. The van der Waals surface area contributed by atoms with E-state index in [4.69, 9.17) is 0 Å². The van der Waals surface area contributed by atoms with E-state index in [1.54, 1.807) is 10.9 Å². The fourth-order valence-electron chi connectivity index (χ4n) is 3.61. The molecule has 3 aromatic rings. The summed E-state index contributed by atoms with van der Waals surface area (Å²) in [5.74, 6) is 0. The molecule has 0 spiro atoms. The SMILES string of the molecule is Cn1nccc1C(O)c1cc2n(n1)CCCN(CCc1ccccc1)C2. The third kappa shape index (κ3) is 3.57. The molecule has 0 saturated heterocycles. The highest BCUT2D eigenvalue weighted by molar-refractivity contribution is 5.22. The number of hydrogen-bond acceptors (Lipinski definition) is 4. The maximum atomic E-state index is 10.6. The average molecular weight is 351 g/mol. The zero-order valence-corrected chi connectivity index (χ0v) is 15.1. The molecule has 136 valence electrons. The summed E-state index contributed by atoms with van der Waals surface area (Å²) in [5.41, 5.74) is 4.01. The van der Waals surface area contributed by atoms with Gasteiger partial charge in [-0.15, -0.1) is 0 Å². The van der Waals surface area contributed by atoms with Crippen LogP contribution in [0.25, 0.3) is 0 Å². The third-order valence-corrected chi connectivity index (χ3v) is 5.09. The van der Waals surface area contributed by atoms with Gasteiger partial charge in [0.2, 0.25) is 0 Å². The molecular weight excluding hydrogens is 326 g/mol. The smallest absolute Gasteiger partial charge is 0.139 e. The van der Waals surface area contributed by atoms with E-state index in [2.05, 4.69) is 50.1 Å². The predicted octanol–water partition coefficient (Wildman–Crippen LogP) is 2.15. The van der Waals surface area contributed by atoms with Crippen molar-refractivity contribution in [2.24, 2.45) is 7.05 Å². The van der Waals surface area contributed by atoms with Crippen LogP contribution in [-0.2, 0) is 26.6 Å². The van der Waals surface area contributed by atoms with Crippen molar-refractivity contribution in [3.8, 4) is 0 Å². The predicted molar refractivity (Wildman–Crippen MR) is 99.5 cm³/mol. The van der Waals surface area contributed by atoms with E-state index in [0.29, 0.717) is 5.69 Å². The Morgan fingerprint density at radius 2 is 2.00 bits per heavy atom. The Bertz CT molecular complexity index is 854. The normalized spacial score (nSPS) is 16.2. The molecule has 1 unspecified atom stereocenters. The zero-order chi connectivity index (χ0) is 17.9. The van der Waals surface area contributed by atoms with Gasteiger partial charge in [0.1, 0.15) is 6.10 Å². The van der Waals surface area contributed by atoms with E-state index in [0.717, 1.165) is 44.7 Å². The van der Waals surface area contributed by atoms with Gasteiger partial charge >= 0.3 is 0 Å². The van der Waals surface area contributed by atoms with Crippen molar-refractivity contribution in [2.45, 2.75) is 32.0 Å². The van der Waals surface area contributed by atoms with Gasteiger partial charge < -0.3 is 5.11 Å². The summed E-state index contributed by atoms with van der Waals surface area (Å²) in [4.78, 5) is 2.48. The Kier molecular flexibility index (Phi) is 4.86. The molecule has 6 heteroatoms. The van der Waals surface area contributed by atoms with Gasteiger partial charge in [-0.3, -0.25) is 14.3 Å². The lowest BCUT2D eigenvalue weighted by Gasteiger charge is -2.19. The molecule has 0 amide bonds. The maximum Gasteiger partial charge on any atom is 0.139 e. The molecule has 4 rings (SSSR count). The molecule has 2 aromatic heterocycles. The number of rotatable bonds is 5. The molecule has 26 heavy (non-hydrogen) atoms. The first-order chi connectivity index (χ1) is 12.7. The van der Waals surface area contributed by atoms with Crippen LogP contribution in [-0.4, -0.2) is 42.7 Å². The van der Waals surface area contributed by atoms with Gasteiger partial charge in [0, 0.05) is 39.4 Å². The molecule has 0 aliphatic carbocycles. The van der Waals surface area contributed by atoms with Crippen molar-refractivity contribution >= 4 is 0 Å². The Labute approximate surface area is 153 Å². The van der Waals surface area contributed by atoms with E-state index in [-0.39, 0.29) is 0 Å². The Balaban J connectivity index is 1.46. The minimum absolute atomic E-state index is 0.702. The van der Waals surface area contributed by atoms with Crippen molar-refractivity contribution in [1.29, 1.82) is 0 Å². The third-order valence-electron chi connectivity index (χ3n) is 5.09. The molecule has 1 aliphatic rings. The highest BCUT2D eigenvalue weighted by Crippen LogP contribution is 2.23. The number of aliphatic hydroxyl groups is 1. The van der Waals surface area contributed by atoms with Gasteiger partial charge in [-0.25, -0.2) is 0 Å². The molecule has 1 atom stereocenters. The number of aliphatic hydroxyl groups excluding tert-OH is 1. The molecule has 1 aliphatic heterocycles. The topological polar surface area (TPSA) is 59.1 Å². The van der Waals surface area contributed by atoms with E-state index < -0.39 is 6.10 Å². The molecule has 6 nitrogen and oxygen atoms in total. The van der Waals surface area contributed by atoms with Crippen LogP contribution in [0.3, 0.4) is 0 Å². The minimum Gasteiger partial charge on any atom is -0.380 e. The first-order valence-electron chi connectivity index (χ1n) is 9.19. The summed E-state index contributed by atoms with van der Waals surface area (Å²) in [7, 11) is 1.84. The van der Waals surface area contributed by atoms with Crippen molar-refractivity contribution in [3.05, 3.63) is 71.3 Å². The van der Waals surface area contributed by atoms with E-state index in [9.17, 15) is 5.11 Å². The van der Waals surface area contributed by atoms with Gasteiger partial charge in [-0.05, 0) is 30.5 Å². The molecule has 0 bridgehead atoms. The minimum atomic E-state index is -0.736. The summed E-state index contributed by atoms with van der Waals surface area (Å²) < 4.78 is 3.75. The van der Waals surface area contributed by atoms with Crippen molar-refractivity contribution in [3.63, 3.8) is 0 Å². The largest absolute Gasteiger partial charge is 0.380 e. The molecule has 1 N–H and O–H groups in total. The van der Waals surface area contributed by atoms with Gasteiger partial charge in [0.15, 0.2) is 0 Å². The summed E-state index contributed by atoms with van der Waals surface area (Å²) in [6.45, 7) is 3.89. The van der Waals surface area contributed by atoms with Crippen LogP contribution in [0, 0.1) is 0 Å². The van der Waals surface area contributed by atoms with Crippen LogP contribution < -0.4 is 0 Å². The van der Waals surface area contributed by atoms with Gasteiger partial charge in [-0.1, -0.05) is 30.3 Å². The number of hydrogen-bond donors (Lipinski definition) is 1. The Hall–Kier alpha value is -2.44. The lowest BCUT2D eigenvalue weighted by molar-refractivity contribution is 0.203. The van der Waals surface area contributed by atoms with E-state index in [1.165, 1.54) is 11.3 Å². The number of nitrogens with zero attached hydrogens (tertiary/aromatic N) is 5. The molecule has 1 aromatic carbocycles. The standard InChI is InChI=1S/C20H25N5O/c1-23-19(8-10-21-23)20(26)18-14-17-15-24(11-5-12-25(17)22-18)13-9-16-6-3-2-4-7-16/h2-4,6-8,10,14,20,26H,5,9,11-13,15H2,1H3. The van der Waals surface area contributed by atoms with E-state index >= 15 is 0 Å². The molecular formula is C20H25N5O. The second-order valence-electron chi connectivity index (χ2n) is 6.93. The summed E-state index contributed by atoms with van der Waals surface area (Å²) >= 11 is 0. The Morgan fingerprint density at radius 3 is 2.77 bits per heavy atom. The monoisotopic (exact) mass is 351 g/mol. The lowest BCUT2D eigenvalue weighted by atomic mass is 10.1. The zero-order valence-electron chi connectivity index (χ0n) is 15.1. The molecule has 0 radical (unpaired) electrons. The fourth-order valence-corrected chi connectivity index (χ4v) is 3.61. The highest BCUT2D eigenvalue weighted by Gasteiger charge is 2.22. The number of benzene rings is 1. The van der Waals surface area contributed by atoms with Crippen LogP contribution in [0.15, 0.2) is 48.7 Å². The highest BCUT2D eigenvalue weighted by atomic mass is 16.3. The molecule has 0 saturated carbocycles. The molecule has 0 fully saturated rings. The van der Waals surface area contributed by atoms with Gasteiger partial charge in [-0.2, -0.15) is 10.2 Å². The fraction of sp³-hybridized carbons (Fsp3) is 0.400.